The number of hydrogen-bond acceptors (Lipinski definition) is 4. The number of hydrogen-bond donors (Lipinski definition) is 1. The first kappa shape index (κ1) is 16.9. The third-order valence-corrected chi connectivity index (χ3v) is 6.74. The molecule has 3 rings (SSSR count). The van der Waals surface area contributed by atoms with Gasteiger partial charge in [0.1, 0.15) is 5.41 Å². The summed E-state index contributed by atoms with van der Waals surface area (Å²) in [6, 6.07) is 5.03. The number of rotatable bonds is 4. The quantitative estimate of drug-likeness (QED) is 0.805. The maximum absolute atomic E-state index is 12.5. The Kier molecular flexibility index (Phi) is 3.92. The van der Waals surface area contributed by atoms with Gasteiger partial charge in [-0.1, -0.05) is 12.1 Å². The molecule has 1 aliphatic heterocycles. The van der Waals surface area contributed by atoms with Gasteiger partial charge in [-0.05, 0) is 36.5 Å². The predicted molar refractivity (Wildman–Crippen MR) is 85.7 cm³/mol. The topological polar surface area (TPSA) is 95.0 Å². The average molecular weight is 352 g/mol. The molecule has 7 nitrogen and oxygen atoms in total. The summed E-state index contributed by atoms with van der Waals surface area (Å²) < 4.78 is 26.1. The molecule has 0 unspecified atom stereocenters. The van der Waals surface area contributed by atoms with E-state index in [0.717, 1.165) is 11.1 Å². The van der Waals surface area contributed by atoms with Crippen LogP contribution in [0, 0.1) is 5.41 Å². The van der Waals surface area contributed by atoms with Crippen LogP contribution < -0.4 is 0 Å². The minimum atomic E-state index is -3.55. The van der Waals surface area contributed by atoms with Crippen LogP contribution in [-0.2, 0) is 32.6 Å². The van der Waals surface area contributed by atoms with Gasteiger partial charge in [0.05, 0.1) is 4.90 Å². The predicted octanol–water partition coefficient (Wildman–Crippen LogP) is 0.686. The normalized spacial score (nSPS) is 19.0. The molecule has 1 aliphatic carbocycles. The second-order valence-corrected chi connectivity index (χ2v) is 8.67. The number of aliphatic carboxylic acids is 1. The van der Waals surface area contributed by atoms with Gasteiger partial charge in [0.15, 0.2) is 0 Å². The summed E-state index contributed by atoms with van der Waals surface area (Å²) >= 11 is 0. The number of sulfonamides is 1. The summed E-state index contributed by atoms with van der Waals surface area (Å²) in [7, 11) is -0.583. The Morgan fingerprint density at radius 2 is 1.92 bits per heavy atom. The molecule has 24 heavy (non-hydrogen) atoms. The van der Waals surface area contributed by atoms with E-state index in [9.17, 15) is 23.1 Å². The lowest BCUT2D eigenvalue weighted by molar-refractivity contribution is -0.153. The van der Waals surface area contributed by atoms with Crippen LogP contribution in [0.3, 0.4) is 0 Å². The second kappa shape index (κ2) is 5.56. The summed E-state index contributed by atoms with van der Waals surface area (Å²) in [5.74, 6) is -1.43. The van der Waals surface area contributed by atoms with Crippen molar-refractivity contribution in [3.63, 3.8) is 0 Å². The SMILES string of the molecule is CN(C)S(=O)(=O)c1cccc2c1CCN(C(=O)C1(C(=O)O)CC1)C2. The van der Waals surface area contributed by atoms with Crippen molar-refractivity contribution in [2.45, 2.75) is 30.7 Å². The lowest BCUT2D eigenvalue weighted by Gasteiger charge is -2.32. The van der Waals surface area contributed by atoms with Gasteiger partial charge < -0.3 is 10.0 Å². The van der Waals surface area contributed by atoms with Gasteiger partial charge in [-0.15, -0.1) is 0 Å². The van der Waals surface area contributed by atoms with Crippen molar-refractivity contribution in [3.05, 3.63) is 29.3 Å². The summed E-state index contributed by atoms with van der Waals surface area (Å²) in [5.41, 5.74) is 0.222. The van der Waals surface area contributed by atoms with E-state index in [1.807, 2.05) is 0 Å². The maximum atomic E-state index is 12.5. The van der Waals surface area contributed by atoms with Crippen LogP contribution in [0.25, 0.3) is 0 Å². The number of benzene rings is 1. The smallest absolute Gasteiger partial charge is 0.319 e. The number of carboxylic acid groups (broad SMARTS) is 1. The highest BCUT2D eigenvalue weighted by Gasteiger charge is 2.58. The van der Waals surface area contributed by atoms with Gasteiger partial charge in [0, 0.05) is 27.2 Å². The summed E-state index contributed by atoms with van der Waals surface area (Å²) in [6.45, 7) is 0.584. The Morgan fingerprint density at radius 1 is 1.25 bits per heavy atom. The fraction of sp³-hybridized carbons (Fsp3) is 0.500. The molecule has 1 heterocycles. The number of fused-ring (bicyclic) bond motifs is 1. The van der Waals surface area contributed by atoms with Crippen LogP contribution >= 0.6 is 0 Å². The zero-order chi connectivity index (χ0) is 17.7. The highest BCUT2D eigenvalue weighted by atomic mass is 32.2. The zero-order valence-corrected chi connectivity index (χ0v) is 14.5. The van der Waals surface area contributed by atoms with E-state index in [-0.39, 0.29) is 17.3 Å². The third kappa shape index (κ3) is 2.50. The fourth-order valence-electron chi connectivity index (χ4n) is 3.13. The number of carboxylic acids is 1. The molecular formula is C16H20N2O5S. The molecule has 1 N–H and O–H groups in total. The minimum Gasteiger partial charge on any atom is -0.480 e. The molecule has 2 aliphatic rings. The minimum absolute atomic E-state index is 0.250. The fourth-order valence-corrected chi connectivity index (χ4v) is 4.32. The first-order valence-corrected chi connectivity index (χ1v) is 9.20. The van der Waals surface area contributed by atoms with Crippen molar-refractivity contribution in [3.8, 4) is 0 Å². The maximum Gasteiger partial charge on any atom is 0.319 e. The lowest BCUT2D eigenvalue weighted by atomic mass is 9.97. The Labute approximate surface area is 140 Å². The van der Waals surface area contributed by atoms with Gasteiger partial charge in [0.25, 0.3) is 0 Å². The second-order valence-electron chi connectivity index (χ2n) is 6.55. The van der Waals surface area contributed by atoms with Crippen molar-refractivity contribution >= 4 is 21.9 Å². The molecule has 0 spiro atoms. The zero-order valence-electron chi connectivity index (χ0n) is 13.7. The highest BCUT2D eigenvalue weighted by molar-refractivity contribution is 7.89. The molecule has 0 saturated heterocycles. The van der Waals surface area contributed by atoms with Crippen molar-refractivity contribution in [1.82, 2.24) is 9.21 Å². The van der Waals surface area contributed by atoms with Gasteiger partial charge in [-0.2, -0.15) is 0 Å². The molecule has 1 fully saturated rings. The summed E-state index contributed by atoms with van der Waals surface area (Å²) in [5, 5.41) is 9.28. The van der Waals surface area contributed by atoms with Crippen molar-refractivity contribution < 1.29 is 23.1 Å². The molecule has 0 bridgehead atoms. The van der Waals surface area contributed by atoms with E-state index in [1.165, 1.54) is 23.3 Å². The number of nitrogens with zero attached hydrogens (tertiary/aromatic N) is 2. The van der Waals surface area contributed by atoms with E-state index in [4.69, 9.17) is 0 Å². The average Bonchev–Trinajstić information content (AvgIpc) is 3.34. The van der Waals surface area contributed by atoms with Crippen LogP contribution in [0.4, 0.5) is 0 Å². The lowest BCUT2D eigenvalue weighted by Crippen LogP contribution is -2.43. The molecule has 1 aromatic carbocycles. The Hall–Kier alpha value is -1.93. The molecule has 1 amide bonds. The molecular weight excluding hydrogens is 332 g/mol. The van der Waals surface area contributed by atoms with Crippen LogP contribution in [0.2, 0.25) is 0 Å². The first-order chi connectivity index (χ1) is 11.2. The van der Waals surface area contributed by atoms with Gasteiger partial charge in [-0.3, -0.25) is 9.59 Å². The molecule has 8 heteroatoms. The number of carbonyl (C=O) groups is 2. The van der Waals surface area contributed by atoms with E-state index in [2.05, 4.69) is 0 Å². The molecule has 130 valence electrons. The van der Waals surface area contributed by atoms with Crippen molar-refractivity contribution in [2.75, 3.05) is 20.6 Å². The van der Waals surface area contributed by atoms with E-state index in [0.29, 0.717) is 25.8 Å². The monoisotopic (exact) mass is 352 g/mol. The summed E-state index contributed by atoms with van der Waals surface area (Å²) in [6.07, 6.45) is 1.15. The largest absolute Gasteiger partial charge is 0.480 e. The Bertz CT molecular complexity index is 812. The van der Waals surface area contributed by atoms with Gasteiger partial charge in [0.2, 0.25) is 15.9 Å². The molecule has 0 aromatic heterocycles. The number of carbonyl (C=O) groups excluding carboxylic acids is 1. The molecule has 0 radical (unpaired) electrons. The Morgan fingerprint density at radius 3 is 2.46 bits per heavy atom. The van der Waals surface area contributed by atoms with Crippen LogP contribution in [0.5, 0.6) is 0 Å². The van der Waals surface area contributed by atoms with Gasteiger partial charge >= 0.3 is 5.97 Å². The molecule has 0 atom stereocenters. The Balaban J connectivity index is 1.91. The van der Waals surface area contributed by atoms with E-state index < -0.39 is 21.4 Å². The van der Waals surface area contributed by atoms with Crippen LogP contribution in [0.1, 0.15) is 24.0 Å². The first-order valence-electron chi connectivity index (χ1n) is 7.76. The van der Waals surface area contributed by atoms with E-state index >= 15 is 0 Å². The standard InChI is InChI=1S/C16H20N2O5S/c1-17(2)24(22,23)13-5-3-4-11-10-18(9-6-12(11)13)14(19)16(7-8-16)15(20)21/h3-5H,6-10H2,1-2H3,(H,20,21). The van der Waals surface area contributed by atoms with Crippen LogP contribution in [0.15, 0.2) is 23.1 Å². The van der Waals surface area contributed by atoms with Crippen LogP contribution in [-0.4, -0.2) is 55.2 Å². The number of amides is 1. The van der Waals surface area contributed by atoms with Crippen molar-refractivity contribution in [2.24, 2.45) is 5.41 Å². The van der Waals surface area contributed by atoms with E-state index in [1.54, 1.807) is 18.2 Å². The summed E-state index contributed by atoms with van der Waals surface area (Å²) in [4.78, 5) is 25.7. The third-order valence-electron chi connectivity index (χ3n) is 4.84. The molecule has 1 aromatic rings. The molecule has 1 saturated carbocycles. The highest BCUT2D eigenvalue weighted by Crippen LogP contribution is 2.48. The van der Waals surface area contributed by atoms with Gasteiger partial charge in [-0.25, -0.2) is 12.7 Å². The van der Waals surface area contributed by atoms with Crippen molar-refractivity contribution in [1.29, 1.82) is 0 Å².